The molecule has 0 aromatic heterocycles. The minimum atomic E-state index is -0.301. The summed E-state index contributed by atoms with van der Waals surface area (Å²) in [5.74, 6) is 1.91. The second kappa shape index (κ2) is 6.36. The number of halogens is 3. The van der Waals surface area contributed by atoms with Gasteiger partial charge in [-0.2, -0.15) is 0 Å². The maximum Gasteiger partial charge on any atom is 0.0803 e. The fourth-order valence-electron chi connectivity index (χ4n) is 0.863. The molecule has 1 nitrogen and oxygen atoms in total. The number of nitrogens with two attached hydrogens (primary N) is 1. The fraction of sp³-hybridized carbons (Fsp3) is 1.00. The molecule has 3 atom stereocenters. The molecule has 0 bridgehead atoms. The van der Waals surface area contributed by atoms with Crippen molar-refractivity contribution in [1.82, 2.24) is 0 Å². The lowest BCUT2D eigenvalue weighted by Gasteiger charge is -2.20. The van der Waals surface area contributed by atoms with Gasteiger partial charge in [0.25, 0.3) is 0 Å². The molecule has 0 saturated heterocycles. The van der Waals surface area contributed by atoms with Gasteiger partial charge in [-0.3, -0.25) is 0 Å². The summed E-state index contributed by atoms with van der Waals surface area (Å²) in [6.07, 6.45) is 0.735. The van der Waals surface area contributed by atoms with E-state index in [4.69, 9.17) is 40.5 Å². The fourth-order valence-corrected chi connectivity index (χ4v) is 1.77. The minimum Gasteiger partial charge on any atom is -0.315 e. The van der Waals surface area contributed by atoms with Gasteiger partial charge >= 0.3 is 0 Å². The first-order chi connectivity index (χ1) is 5.11. The highest BCUT2D eigenvalue weighted by molar-refractivity contribution is 6.20. The molecule has 11 heavy (non-hydrogen) atoms. The van der Waals surface area contributed by atoms with Crippen molar-refractivity contribution >= 4 is 34.8 Å². The van der Waals surface area contributed by atoms with E-state index < -0.39 is 0 Å². The van der Waals surface area contributed by atoms with Crippen molar-refractivity contribution in [3.05, 3.63) is 0 Å². The molecule has 3 unspecified atom stereocenters. The van der Waals surface area contributed by atoms with Crippen LogP contribution in [0.4, 0.5) is 0 Å². The van der Waals surface area contributed by atoms with E-state index in [0.29, 0.717) is 23.6 Å². The van der Waals surface area contributed by atoms with Crippen LogP contribution in [0.2, 0.25) is 0 Å². The van der Waals surface area contributed by atoms with E-state index in [1.54, 1.807) is 0 Å². The Hall–Kier alpha value is 0.830. The average molecular weight is 219 g/mol. The van der Waals surface area contributed by atoms with E-state index >= 15 is 0 Å². The molecule has 0 heterocycles. The molecule has 0 fully saturated rings. The second-order valence-corrected chi connectivity index (χ2v) is 3.98. The Balaban J connectivity index is 3.74. The lowest BCUT2D eigenvalue weighted by Crippen LogP contribution is -2.23. The SMILES string of the molecule is CC(CCl)C(CCl)CC(N)Cl. The molecule has 0 aliphatic heterocycles. The van der Waals surface area contributed by atoms with Crippen molar-refractivity contribution in [1.29, 1.82) is 0 Å². The Labute approximate surface area is 83.2 Å². The monoisotopic (exact) mass is 217 g/mol. The lowest BCUT2D eigenvalue weighted by atomic mass is 9.94. The maximum absolute atomic E-state index is 5.71. The molecule has 0 aliphatic rings. The van der Waals surface area contributed by atoms with Gasteiger partial charge in [0.05, 0.1) is 5.50 Å². The smallest absolute Gasteiger partial charge is 0.0803 e. The molecule has 0 rings (SSSR count). The average Bonchev–Trinajstić information content (AvgIpc) is 1.98. The molecule has 0 aromatic rings. The van der Waals surface area contributed by atoms with Gasteiger partial charge in [0.1, 0.15) is 0 Å². The van der Waals surface area contributed by atoms with Crippen molar-refractivity contribution in [2.24, 2.45) is 17.6 Å². The predicted molar refractivity (Wildman–Crippen MR) is 52.5 cm³/mol. The number of hydrogen-bond acceptors (Lipinski definition) is 1. The summed E-state index contributed by atoms with van der Waals surface area (Å²) in [6.45, 7) is 2.05. The Morgan fingerprint density at radius 1 is 1.27 bits per heavy atom. The quantitative estimate of drug-likeness (QED) is 0.557. The van der Waals surface area contributed by atoms with Gasteiger partial charge < -0.3 is 5.73 Å². The predicted octanol–water partition coefficient (Wildman–Crippen LogP) is 2.63. The topological polar surface area (TPSA) is 26.0 Å². The first-order valence-electron chi connectivity index (χ1n) is 3.63. The Morgan fingerprint density at radius 3 is 2.09 bits per heavy atom. The molecule has 4 heteroatoms. The third kappa shape index (κ3) is 5.13. The second-order valence-electron chi connectivity index (χ2n) is 2.80. The highest BCUT2D eigenvalue weighted by Crippen LogP contribution is 2.20. The van der Waals surface area contributed by atoms with Gasteiger partial charge in [-0.05, 0) is 18.3 Å². The van der Waals surface area contributed by atoms with Crippen LogP contribution >= 0.6 is 34.8 Å². The Kier molecular flexibility index (Phi) is 6.84. The van der Waals surface area contributed by atoms with Crippen LogP contribution in [0.1, 0.15) is 13.3 Å². The minimum absolute atomic E-state index is 0.301. The molecular weight excluding hydrogens is 204 g/mol. The van der Waals surface area contributed by atoms with Crippen molar-refractivity contribution in [2.75, 3.05) is 11.8 Å². The van der Waals surface area contributed by atoms with Crippen LogP contribution in [0, 0.1) is 11.8 Å². The van der Waals surface area contributed by atoms with Crippen LogP contribution in [0.5, 0.6) is 0 Å². The highest BCUT2D eigenvalue weighted by Gasteiger charge is 2.17. The van der Waals surface area contributed by atoms with E-state index in [1.807, 2.05) is 0 Å². The zero-order valence-electron chi connectivity index (χ0n) is 6.56. The van der Waals surface area contributed by atoms with Gasteiger partial charge in [-0.1, -0.05) is 6.92 Å². The lowest BCUT2D eigenvalue weighted by molar-refractivity contribution is 0.396. The number of hydrogen-bond donors (Lipinski definition) is 1. The first-order valence-corrected chi connectivity index (χ1v) is 5.14. The van der Waals surface area contributed by atoms with Crippen LogP contribution in [0.25, 0.3) is 0 Å². The molecule has 0 saturated carbocycles. The third-order valence-electron chi connectivity index (χ3n) is 1.77. The van der Waals surface area contributed by atoms with E-state index in [9.17, 15) is 0 Å². The van der Waals surface area contributed by atoms with Gasteiger partial charge in [0.15, 0.2) is 0 Å². The van der Waals surface area contributed by atoms with Gasteiger partial charge in [0.2, 0.25) is 0 Å². The van der Waals surface area contributed by atoms with Crippen molar-refractivity contribution in [2.45, 2.75) is 18.8 Å². The molecule has 0 amide bonds. The zero-order chi connectivity index (χ0) is 8.85. The van der Waals surface area contributed by atoms with E-state index in [2.05, 4.69) is 6.92 Å². The highest BCUT2D eigenvalue weighted by atomic mass is 35.5. The molecule has 68 valence electrons. The Morgan fingerprint density at radius 2 is 1.82 bits per heavy atom. The van der Waals surface area contributed by atoms with Crippen LogP contribution in [-0.4, -0.2) is 17.3 Å². The summed E-state index contributed by atoms with van der Waals surface area (Å²) in [7, 11) is 0. The van der Waals surface area contributed by atoms with Crippen LogP contribution in [0.15, 0.2) is 0 Å². The zero-order valence-corrected chi connectivity index (χ0v) is 8.83. The summed E-state index contributed by atoms with van der Waals surface area (Å²) in [5, 5.41) is 0. The largest absolute Gasteiger partial charge is 0.315 e. The normalized spacial score (nSPS) is 19.4. The van der Waals surface area contributed by atoms with Crippen molar-refractivity contribution in [3.63, 3.8) is 0 Å². The van der Waals surface area contributed by atoms with Crippen LogP contribution < -0.4 is 5.73 Å². The summed E-state index contributed by atoms with van der Waals surface area (Å²) < 4.78 is 0. The molecule has 0 radical (unpaired) electrons. The molecule has 2 N–H and O–H groups in total. The van der Waals surface area contributed by atoms with E-state index in [0.717, 1.165) is 6.42 Å². The van der Waals surface area contributed by atoms with Gasteiger partial charge in [-0.15, -0.1) is 34.8 Å². The van der Waals surface area contributed by atoms with Crippen LogP contribution in [0.3, 0.4) is 0 Å². The van der Waals surface area contributed by atoms with E-state index in [-0.39, 0.29) is 5.50 Å². The van der Waals surface area contributed by atoms with Crippen molar-refractivity contribution < 1.29 is 0 Å². The van der Waals surface area contributed by atoms with E-state index in [1.165, 1.54) is 0 Å². The summed E-state index contributed by atoms with van der Waals surface area (Å²) in [4.78, 5) is 0. The number of rotatable bonds is 5. The first kappa shape index (κ1) is 11.8. The summed E-state index contributed by atoms with van der Waals surface area (Å²) in [6, 6.07) is 0. The molecular formula is C7H14Cl3N. The summed E-state index contributed by atoms with van der Waals surface area (Å²) in [5.41, 5.74) is 5.12. The standard InChI is InChI=1S/C7H14Cl3N/c1-5(3-8)6(4-9)2-7(10)11/h5-7H,2-4,11H2,1H3. The van der Waals surface area contributed by atoms with Gasteiger partial charge in [-0.25, -0.2) is 0 Å². The maximum atomic E-state index is 5.71. The third-order valence-corrected chi connectivity index (χ3v) is 2.84. The van der Waals surface area contributed by atoms with Crippen molar-refractivity contribution in [3.8, 4) is 0 Å². The summed E-state index contributed by atoms with van der Waals surface area (Å²) >= 11 is 17.0. The van der Waals surface area contributed by atoms with Crippen LogP contribution in [-0.2, 0) is 0 Å². The Bertz CT molecular complexity index is 97.7. The molecule has 0 aromatic carbocycles. The molecule has 0 aliphatic carbocycles. The number of alkyl halides is 3. The molecule has 0 spiro atoms. The van der Waals surface area contributed by atoms with Gasteiger partial charge in [0, 0.05) is 11.8 Å².